The molecule has 7 nitrogen and oxygen atoms in total. The highest BCUT2D eigenvalue weighted by Gasteiger charge is 2.21. The molecule has 72 valence electrons. The van der Waals surface area contributed by atoms with Crippen molar-refractivity contribution < 1.29 is 17.2 Å². The molecule has 1 rings (SSSR count). The predicted octanol–water partition coefficient (Wildman–Crippen LogP) is 0.117. The van der Waals surface area contributed by atoms with Crippen LogP contribution >= 0.6 is 0 Å². The van der Waals surface area contributed by atoms with Gasteiger partial charge in [0.05, 0.1) is 4.92 Å². The summed E-state index contributed by atoms with van der Waals surface area (Å²) in [5.41, 5.74) is -0.909. The second-order valence-electron chi connectivity index (χ2n) is 2.17. The number of aromatic nitrogens is 2. The van der Waals surface area contributed by atoms with Gasteiger partial charge in [0, 0.05) is 0 Å². The summed E-state index contributed by atoms with van der Waals surface area (Å²) in [5, 5.41) is 15.5. The average Bonchev–Trinajstić information content (AvgIpc) is 2.31. The fourth-order valence-corrected chi connectivity index (χ4v) is 1.30. The maximum Gasteiger partial charge on any atom is 0.311 e. The lowest BCUT2D eigenvalue weighted by Crippen LogP contribution is -2.00. The highest BCUT2D eigenvalue weighted by Crippen LogP contribution is 2.17. The lowest BCUT2D eigenvalue weighted by Gasteiger charge is -1.90. The van der Waals surface area contributed by atoms with E-state index in [9.17, 15) is 22.4 Å². The Morgan fingerprint density at radius 3 is 2.77 bits per heavy atom. The van der Waals surface area contributed by atoms with Crippen LogP contribution < -0.4 is 0 Å². The molecule has 0 aliphatic rings. The first-order valence-electron chi connectivity index (χ1n) is 2.99. The van der Waals surface area contributed by atoms with Gasteiger partial charge in [-0.15, -0.1) is 3.89 Å². The first-order valence-corrected chi connectivity index (χ1v) is 4.54. The quantitative estimate of drug-likeness (QED) is 0.432. The average molecular weight is 209 g/mol. The van der Waals surface area contributed by atoms with Crippen LogP contribution in [-0.2, 0) is 16.0 Å². The molecule has 0 atom stereocenters. The minimum absolute atomic E-state index is 0.368. The van der Waals surface area contributed by atoms with E-state index >= 15 is 0 Å². The van der Waals surface area contributed by atoms with Gasteiger partial charge in [-0.25, -0.2) is 0 Å². The Hall–Kier alpha value is -1.51. The van der Waals surface area contributed by atoms with Crippen LogP contribution in [0.15, 0.2) is 6.20 Å². The standard InChI is InChI=1S/C4H4FN3O4S/c5-13(11,12)2-3-4(8(9)10)1-6-7-3/h1H,2H2,(H,6,7). The summed E-state index contributed by atoms with van der Waals surface area (Å²) in [6, 6.07) is 0. The molecule has 1 aromatic heterocycles. The number of aromatic amines is 1. The molecular formula is C4H4FN3O4S. The molecule has 1 aromatic rings. The summed E-state index contributed by atoms with van der Waals surface area (Å²) in [6.07, 6.45) is 0.820. The maximum absolute atomic E-state index is 12.1. The van der Waals surface area contributed by atoms with Gasteiger partial charge in [-0.2, -0.15) is 13.5 Å². The van der Waals surface area contributed by atoms with Gasteiger partial charge in [0.15, 0.2) is 0 Å². The Bertz CT molecular complexity index is 424. The zero-order valence-corrected chi connectivity index (χ0v) is 6.91. The summed E-state index contributed by atoms with van der Waals surface area (Å²) < 4.78 is 32.4. The molecule has 0 aromatic carbocycles. The molecule has 0 amide bonds. The molecule has 1 heterocycles. The van der Waals surface area contributed by atoms with Crippen molar-refractivity contribution in [3.8, 4) is 0 Å². The van der Waals surface area contributed by atoms with Crippen LogP contribution in [0.3, 0.4) is 0 Å². The smallest absolute Gasteiger partial charge is 0.274 e. The van der Waals surface area contributed by atoms with Crippen LogP contribution in [-0.4, -0.2) is 23.5 Å². The Kier molecular flexibility index (Phi) is 2.28. The van der Waals surface area contributed by atoms with Crippen LogP contribution in [0.4, 0.5) is 9.57 Å². The lowest BCUT2D eigenvalue weighted by molar-refractivity contribution is -0.385. The van der Waals surface area contributed by atoms with Gasteiger partial charge in [-0.3, -0.25) is 15.2 Å². The van der Waals surface area contributed by atoms with Crippen molar-refractivity contribution in [2.24, 2.45) is 0 Å². The minimum atomic E-state index is -4.78. The molecule has 0 saturated carbocycles. The van der Waals surface area contributed by atoms with Gasteiger partial charge in [0.2, 0.25) is 0 Å². The second-order valence-corrected chi connectivity index (χ2v) is 3.54. The molecule has 0 bridgehead atoms. The Morgan fingerprint density at radius 1 is 1.69 bits per heavy atom. The van der Waals surface area contributed by atoms with Gasteiger partial charge in [-0.05, 0) is 0 Å². The zero-order valence-electron chi connectivity index (χ0n) is 6.10. The third-order valence-electron chi connectivity index (χ3n) is 1.21. The van der Waals surface area contributed by atoms with Crippen molar-refractivity contribution in [2.45, 2.75) is 5.75 Å². The number of nitrogens with one attached hydrogen (secondary N) is 1. The summed E-state index contributed by atoms with van der Waals surface area (Å²) in [7, 11) is -4.78. The number of nitro groups is 1. The molecule has 0 aliphatic heterocycles. The largest absolute Gasteiger partial charge is 0.311 e. The molecule has 13 heavy (non-hydrogen) atoms. The molecular weight excluding hydrogens is 205 g/mol. The molecule has 0 saturated heterocycles. The molecule has 0 aliphatic carbocycles. The number of hydrogen-bond acceptors (Lipinski definition) is 5. The maximum atomic E-state index is 12.1. The van der Waals surface area contributed by atoms with Crippen molar-refractivity contribution in [2.75, 3.05) is 0 Å². The topological polar surface area (TPSA) is 106 Å². The van der Waals surface area contributed by atoms with Crippen molar-refractivity contribution in [1.82, 2.24) is 10.2 Å². The van der Waals surface area contributed by atoms with Crippen molar-refractivity contribution in [1.29, 1.82) is 0 Å². The van der Waals surface area contributed by atoms with E-state index in [0.717, 1.165) is 6.20 Å². The third kappa shape index (κ3) is 2.47. The predicted molar refractivity (Wildman–Crippen MR) is 39.0 cm³/mol. The molecule has 0 spiro atoms. The summed E-state index contributed by atoms with van der Waals surface area (Å²) in [6.45, 7) is 0. The minimum Gasteiger partial charge on any atom is -0.274 e. The number of rotatable bonds is 3. The molecule has 1 N–H and O–H groups in total. The van der Waals surface area contributed by atoms with E-state index in [-0.39, 0.29) is 5.69 Å². The number of halogens is 1. The SMILES string of the molecule is O=[N+]([O-])c1cn[nH]c1CS(=O)(=O)F. The van der Waals surface area contributed by atoms with E-state index in [1.165, 1.54) is 0 Å². The van der Waals surface area contributed by atoms with Crippen molar-refractivity contribution in [3.05, 3.63) is 22.0 Å². The van der Waals surface area contributed by atoms with E-state index in [4.69, 9.17) is 0 Å². The fourth-order valence-electron chi connectivity index (χ4n) is 0.742. The van der Waals surface area contributed by atoms with Gasteiger partial charge < -0.3 is 0 Å². The van der Waals surface area contributed by atoms with Crippen molar-refractivity contribution >= 4 is 15.9 Å². The Morgan fingerprint density at radius 2 is 2.31 bits per heavy atom. The van der Waals surface area contributed by atoms with Gasteiger partial charge in [0.1, 0.15) is 17.6 Å². The van der Waals surface area contributed by atoms with E-state index < -0.39 is 26.6 Å². The van der Waals surface area contributed by atoms with Gasteiger partial charge in [-0.1, -0.05) is 0 Å². The van der Waals surface area contributed by atoms with E-state index in [1.54, 1.807) is 0 Å². The number of H-pyrrole nitrogens is 1. The lowest BCUT2D eigenvalue weighted by atomic mass is 10.4. The first-order chi connectivity index (χ1) is 5.90. The van der Waals surface area contributed by atoms with Crippen LogP contribution in [0.5, 0.6) is 0 Å². The third-order valence-corrected chi connectivity index (χ3v) is 1.84. The number of hydrogen-bond donors (Lipinski definition) is 1. The van der Waals surface area contributed by atoms with E-state index in [2.05, 4.69) is 5.10 Å². The zero-order chi connectivity index (χ0) is 10.1. The summed E-state index contributed by atoms with van der Waals surface area (Å²) in [4.78, 5) is 9.35. The highest BCUT2D eigenvalue weighted by atomic mass is 32.3. The monoisotopic (exact) mass is 209 g/mol. The summed E-state index contributed by atoms with van der Waals surface area (Å²) >= 11 is 0. The van der Waals surface area contributed by atoms with Crippen LogP contribution in [0.25, 0.3) is 0 Å². The van der Waals surface area contributed by atoms with E-state index in [0.29, 0.717) is 0 Å². The van der Waals surface area contributed by atoms with E-state index in [1.807, 2.05) is 5.10 Å². The van der Waals surface area contributed by atoms with Crippen LogP contribution in [0, 0.1) is 10.1 Å². The van der Waals surface area contributed by atoms with Crippen LogP contribution in [0.2, 0.25) is 0 Å². The molecule has 9 heteroatoms. The van der Waals surface area contributed by atoms with Gasteiger partial charge in [0.25, 0.3) is 0 Å². The Labute approximate surface area is 71.9 Å². The highest BCUT2D eigenvalue weighted by molar-refractivity contribution is 7.85. The first kappa shape index (κ1) is 9.58. The second kappa shape index (κ2) is 3.09. The molecule has 0 radical (unpaired) electrons. The summed E-state index contributed by atoms with van der Waals surface area (Å²) in [5.74, 6) is -1.07. The normalized spacial score (nSPS) is 11.5. The van der Waals surface area contributed by atoms with Crippen LogP contribution in [0.1, 0.15) is 5.69 Å². The van der Waals surface area contributed by atoms with Crippen molar-refractivity contribution in [3.63, 3.8) is 0 Å². The number of nitrogens with zero attached hydrogens (tertiary/aromatic N) is 2. The van der Waals surface area contributed by atoms with Gasteiger partial charge >= 0.3 is 15.9 Å². The fraction of sp³-hybridized carbons (Fsp3) is 0.250. The molecule has 0 unspecified atom stereocenters. The Balaban J connectivity index is 3.02. The molecule has 0 fully saturated rings.